The zero-order valence-electron chi connectivity index (χ0n) is 9.94. The maximum atomic E-state index is 10.9. The zero-order chi connectivity index (χ0) is 12.1. The molecule has 1 aliphatic rings. The van der Waals surface area contributed by atoms with E-state index in [0.29, 0.717) is 13.2 Å². The Bertz CT molecular complexity index is 369. The molecule has 17 heavy (non-hydrogen) atoms. The van der Waals surface area contributed by atoms with Crippen molar-refractivity contribution in [3.63, 3.8) is 0 Å². The second kappa shape index (κ2) is 5.80. The highest BCUT2D eigenvalue weighted by molar-refractivity contribution is 5.88. The SMILES string of the molecule is CC(=O)Nc1ccc(CCC2OCCO2)cc1. The average Bonchev–Trinajstić information content (AvgIpc) is 2.80. The average molecular weight is 235 g/mol. The number of carbonyl (C=O) groups excluding carboxylic acids is 1. The van der Waals surface area contributed by atoms with Crippen molar-refractivity contribution in [1.82, 2.24) is 0 Å². The number of benzene rings is 1. The maximum absolute atomic E-state index is 10.9. The van der Waals surface area contributed by atoms with Gasteiger partial charge in [0.2, 0.25) is 5.91 Å². The predicted molar refractivity (Wildman–Crippen MR) is 64.8 cm³/mol. The predicted octanol–water partition coefficient (Wildman–Crippen LogP) is 1.95. The van der Waals surface area contributed by atoms with Crippen LogP contribution in [0.3, 0.4) is 0 Å². The second-order valence-electron chi connectivity index (χ2n) is 4.09. The molecular weight excluding hydrogens is 218 g/mol. The zero-order valence-corrected chi connectivity index (χ0v) is 9.94. The van der Waals surface area contributed by atoms with Gasteiger partial charge in [0.25, 0.3) is 0 Å². The summed E-state index contributed by atoms with van der Waals surface area (Å²) >= 11 is 0. The van der Waals surface area contributed by atoms with Crippen molar-refractivity contribution in [3.8, 4) is 0 Å². The van der Waals surface area contributed by atoms with Gasteiger partial charge in [0.05, 0.1) is 13.2 Å². The van der Waals surface area contributed by atoms with Gasteiger partial charge < -0.3 is 14.8 Å². The lowest BCUT2D eigenvalue weighted by Gasteiger charge is -2.09. The fourth-order valence-electron chi connectivity index (χ4n) is 1.82. The Morgan fingerprint density at radius 2 is 1.94 bits per heavy atom. The van der Waals surface area contributed by atoms with Crippen LogP contribution in [-0.4, -0.2) is 25.4 Å². The molecule has 0 aliphatic carbocycles. The minimum atomic E-state index is -0.0509. The number of carbonyl (C=O) groups is 1. The number of ether oxygens (including phenoxy) is 2. The quantitative estimate of drug-likeness (QED) is 0.867. The van der Waals surface area contributed by atoms with Gasteiger partial charge in [-0.1, -0.05) is 12.1 Å². The lowest BCUT2D eigenvalue weighted by molar-refractivity contribution is -0.114. The smallest absolute Gasteiger partial charge is 0.221 e. The normalized spacial score (nSPS) is 16.1. The summed E-state index contributed by atoms with van der Waals surface area (Å²) in [4.78, 5) is 10.9. The van der Waals surface area contributed by atoms with Crippen LogP contribution in [0.15, 0.2) is 24.3 Å². The second-order valence-corrected chi connectivity index (χ2v) is 4.09. The molecule has 1 heterocycles. The first-order valence-electron chi connectivity index (χ1n) is 5.84. The summed E-state index contributed by atoms with van der Waals surface area (Å²) in [7, 11) is 0. The molecule has 0 atom stereocenters. The van der Waals surface area contributed by atoms with Crippen molar-refractivity contribution >= 4 is 11.6 Å². The Balaban J connectivity index is 1.82. The first-order chi connectivity index (χ1) is 8.24. The van der Waals surface area contributed by atoms with E-state index in [1.807, 2.05) is 24.3 Å². The number of anilines is 1. The van der Waals surface area contributed by atoms with Crippen LogP contribution in [0.4, 0.5) is 5.69 Å². The van der Waals surface area contributed by atoms with E-state index < -0.39 is 0 Å². The minimum absolute atomic E-state index is 0.0505. The molecule has 0 bridgehead atoms. The van der Waals surface area contributed by atoms with E-state index in [2.05, 4.69) is 5.32 Å². The number of rotatable bonds is 4. The molecule has 1 amide bonds. The van der Waals surface area contributed by atoms with Crippen molar-refractivity contribution in [2.24, 2.45) is 0 Å². The molecule has 1 saturated heterocycles. The van der Waals surface area contributed by atoms with Crippen LogP contribution >= 0.6 is 0 Å². The van der Waals surface area contributed by atoms with E-state index >= 15 is 0 Å². The number of hydrogen-bond donors (Lipinski definition) is 1. The van der Waals surface area contributed by atoms with Crippen LogP contribution in [-0.2, 0) is 20.7 Å². The first-order valence-corrected chi connectivity index (χ1v) is 5.84. The third-order valence-electron chi connectivity index (χ3n) is 2.63. The van der Waals surface area contributed by atoms with Crippen LogP contribution in [0.2, 0.25) is 0 Å². The lowest BCUT2D eigenvalue weighted by Crippen LogP contribution is -2.09. The number of aryl methyl sites for hydroxylation is 1. The Kier molecular flexibility index (Phi) is 4.12. The Labute approximate surface area is 101 Å². The van der Waals surface area contributed by atoms with Gasteiger partial charge >= 0.3 is 0 Å². The molecular formula is C13H17NO3. The third-order valence-corrected chi connectivity index (χ3v) is 2.63. The van der Waals surface area contributed by atoms with Gasteiger partial charge in [0.1, 0.15) is 0 Å². The van der Waals surface area contributed by atoms with Crippen molar-refractivity contribution in [2.75, 3.05) is 18.5 Å². The van der Waals surface area contributed by atoms with E-state index in [1.54, 1.807) is 0 Å². The van der Waals surface area contributed by atoms with Gasteiger partial charge in [0.15, 0.2) is 6.29 Å². The van der Waals surface area contributed by atoms with E-state index in [1.165, 1.54) is 12.5 Å². The monoisotopic (exact) mass is 235 g/mol. The Morgan fingerprint density at radius 1 is 1.29 bits per heavy atom. The molecule has 4 heteroatoms. The summed E-state index contributed by atoms with van der Waals surface area (Å²) in [6.07, 6.45) is 1.75. The van der Waals surface area contributed by atoms with Crippen LogP contribution < -0.4 is 5.32 Å². The molecule has 1 fully saturated rings. The molecule has 0 unspecified atom stereocenters. The van der Waals surface area contributed by atoms with Gasteiger partial charge in [-0.3, -0.25) is 4.79 Å². The lowest BCUT2D eigenvalue weighted by atomic mass is 10.1. The summed E-state index contributed by atoms with van der Waals surface area (Å²) in [5.41, 5.74) is 2.05. The van der Waals surface area contributed by atoms with Crippen LogP contribution in [0.1, 0.15) is 18.9 Å². The molecule has 0 spiro atoms. The van der Waals surface area contributed by atoms with Crippen molar-refractivity contribution in [1.29, 1.82) is 0 Å². The van der Waals surface area contributed by atoms with Crippen molar-refractivity contribution < 1.29 is 14.3 Å². The Hall–Kier alpha value is -1.39. The number of nitrogens with one attached hydrogen (secondary N) is 1. The molecule has 1 aliphatic heterocycles. The van der Waals surface area contributed by atoms with Crippen LogP contribution in [0.25, 0.3) is 0 Å². The van der Waals surface area contributed by atoms with E-state index in [9.17, 15) is 4.79 Å². The molecule has 1 N–H and O–H groups in total. The molecule has 2 rings (SSSR count). The van der Waals surface area contributed by atoms with E-state index in [0.717, 1.165) is 18.5 Å². The highest BCUT2D eigenvalue weighted by Crippen LogP contribution is 2.14. The molecule has 1 aromatic rings. The summed E-state index contributed by atoms with van der Waals surface area (Å²) in [5.74, 6) is -0.0505. The fraction of sp³-hybridized carbons (Fsp3) is 0.462. The van der Waals surface area contributed by atoms with E-state index in [4.69, 9.17) is 9.47 Å². The molecule has 0 saturated carbocycles. The summed E-state index contributed by atoms with van der Waals surface area (Å²) in [6, 6.07) is 7.85. The van der Waals surface area contributed by atoms with Gasteiger partial charge in [-0.15, -0.1) is 0 Å². The van der Waals surface area contributed by atoms with Gasteiger partial charge in [-0.05, 0) is 24.1 Å². The van der Waals surface area contributed by atoms with Crippen LogP contribution in [0, 0.1) is 0 Å². The molecule has 1 aromatic carbocycles. The summed E-state index contributed by atoms with van der Waals surface area (Å²) < 4.78 is 10.7. The number of amides is 1. The standard InChI is InChI=1S/C13H17NO3/c1-10(15)14-12-5-2-11(3-6-12)4-7-13-16-8-9-17-13/h2-3,5-6,13H,4,7-9H2,1H3,(H,14,15). The van der Waals surface area contributed by atoms with E-state index in [-0.39, 0.29) is 12.2 Å². The molecule has 0 radical (unpaired) electrons. The fourth-order valence-corrected chi connectivity index (χ4v) is 1.82. The third kappa shape index (κ3) is 3.84. The molecule has 92 valence electrons. The van der Waals surface area contributed by atoms with Crippen molar-refractivity contribution in [2.45, 2.75) is 26.1 Å². The Morgan fingerprint density at radius 3 is 2.53 bits per heavy atom. The maximum Gasteiger partial charge on any atom is 0.221 e. The summed E-state index contributed by atoms with van der Waals surface area (Å²) in [6.45, 7) is 2.90. The highest BCUT2D eigenvalue weighted by Gasteiger charge is 2.15. The molecule has 0 aromatic heterocycles. The highest BCUT2D eigenvalue weighted by atomic mass is 16.7. The summed E-state index contributed by atoms with van der Waals surface area (Å²) in [5, 5.41) is 2.74. The van der Waals surface area contributed by atoms with Gasteiger partial charge in [-0.25, -0.2) is 0 Å². The first kappa shape index (κ1) is 12.1. The minimum Gasteiger partial charge on any atom is -0.350 e. The largest absolute Gasteiger partial charge is 0.350 e. The topological polar surface area (TPSA) is 47.6 Å². The van der Waals surface area contributed by atoms with Crippen molar-refractivity contribution in [3.05, 3.63) is 29.8 Å². The number of hydrogen-bond acceptors (Lipinski definition) is 3. The van der Waals surface area contributed by atoms with Gasteiger partial charge in [-0.2, -0.15) is 0 Å². The molecule has 4 nitrogen and oxygen atoms in total. The van der Waals surface area contributed by atoms with Gasteiger partial charge in [0, 0.05) is 19.0 Å². The van der Waals surface area contributed by atoms with Crippen LogP contribution in [0.5, 0.6) is 0 Å².